The number of aliphatic carboxylic acids is 1. The van der Waals surface area contributed by atoms with E-state index >= 15 is 0 Å². The number of carboxylic acids is 1. The van der Waals surface area contributed by atoms with Crippen molar-refractivity contribution in [3.63, 3.8) is 0 Å². The van der Waals surface area contributed by atoms with E-state index in [1.165, 1.54) is 4.90 Å². The SMILES string of the molecule is CN(C)[C@@H]1C[C@@H](C(=O)O)N(C(=O)OCC2c3ccccc3-c3ccccc32)C1. The number of likely N-dealkylation sites (tertiary alicyclic amines) is 1. The molecule has 1 N–H and O–H groups in total. The zero-order valence-electron chi connectivity index (χ0n) is 16.0. The standard InChI is InChI=1S/C22H24N2O4/c1-23(2)14-11-20(21(25)26)24(12-14)22(27)28-13-19-17-9-5-3-7-15(17)16-8-4-6-10-18(16)19/h3-10,14,19-20H,11-13H2,1-2H3,(H,25,26)/t14-,20+/m1/s1. The van der Waals surface area contributed by atoms with Crippen molar-refractivity contribution in [2.24, 2.45) is 0 Å². The van der Waals surface area contributed by atoms with E-state index < -0.39 is 18.1 Å². The smallest absolute Gasteiger partial charge is 0.410 e. The molecule has 4 rings (SSSR count). The molecule has 2 aliphatic rings. The molecule has 1 saturated heterocycles. The lowest BCUT2D eigenvalue weighted by molar-refractivity contribution is -0.141. The molecule has 0 radical (unpaired) electrons. The fourth-order valence-corrected chi connectivity index (χ4v) is 4.30. The highest BCUT2D eigenvalue weighted by Crippen LogP contribution is 2.44. The van der Waals surface area contributed by atoms with Crippen LogP contribution in [0.15, 0.2) is 48.5 Å². The van der Waals surface area contributed by atoms with Gasteiger partial charge in [-0.3, -0.25) is 4.90 Å². The number of amides is 1. The number of hydrogen-bond acceptors (Lipinski definition) is 4. The fourth-order valence-electron chi connectivity index (χ4n) is 4.30. The first-order valence-corrected chi connectivity index (χ1v) is 9.48. The Bertz CT molecular complexity index is 865. The Kier molecular flexibility index (Phi) is 4.81. The van der Waals surface area contributed by atoms with Gasteiger partial charge in [0, 0.05) is 18.5 Å². The summed E-state index contributed by atoms with van der Waals surface area (Å²) in [5.41, 5.74) is 4.60. The van der Waals surface area contributed by atoms with Gasteiger partial charge in [-0.05, 0) is 42.8 Å². The van der Waals surface area contributed by atoms with Crippen LogP contribution in [0.1, 0.15) is 23.5 Å². The minimum atomic E-state index is -0.988. The molecule has 1 amide bonds. The number of carbonyl (C=O) groups excluding carboxylic acids is 1. The van der Waals surface area contributed by atoms with Crippen LogP contribution in [0.25, 0.3) is 11.1 Å². The van der Waals surface area contributed by atoms with Gasteiger partial charge in [0.2, 0.25) is 0 Å². The molecule has 0 bridgehead atoms. The molecular weight excluding hydrogens is 356 g/mol. The van der Waals surface area contributed by atoms with E-state index in [1.807, 2.05) is 43.3 Å². The van der Waals surface area contributed by atoms with Crippen LogP contribution < -0.4 is 0 Å². The number of rotatable bonds is 4. The Morgan fingerprint density at radius 3 is 2.18 bits per heavy atom. The normalized spacial score (nSPS) is 20.9. The van der Waals surface area contributed by atoms with E-state index in [2.05, 4.69) is 24.3 Å². The van der Waals surface area contributed by atoms with Crippen LogP contribution in [0.3, 0.4) is 0 Å². The van der Waals surface area contributed by atoms with Gasteiger partial charge in [0.05, 0.1) is 0 Å². The molecule has 1 aliphatic heterocycles. The van der Waals surface area contributed by atoms with Crippen molar-refractivity contribution in [2.75, 3.05) is 27.2 Å². The minimum Gasteiger partial charge on any atom is -0.480 e. The molecule has 1 aliphatic carbocycles. The Balaban J connectivity index is 1.51. The lowest BCUT2D eigenvalue weighted by Gasteiger charge is -2.23. The monoisotopic (exact) mass is 380 g/mol. The number of benzene rings is 2. The number of ether oxygens (including phenoxy) is 1. The third kappa shape index (κ3) is 3.14. The van der Waals surface area contributed by atoms with E-state index in [-0.39, 0.29) is 18.6 Å². The highest BCUT2D eigenvalue weighted by Gasteiger charge is 2.41. The molecule has 1 heterocycles. The molecule has 146 valence electrons. The topological polar surface area (TPSA) is 70.1 Å². The van der Waals surface area contributed by atoms with Crippen LogP contribution in [0.2, 0.25) is 0 Å². The lowest BCUT2D eigenvalue weighted by Crippen LogP contribution is -2.41. The molecule has 6 heteroatoms. The molecular formula is C22H24N2O4. The van der Waals surface area contributed by atoms with E-state index in [1.54, 1.807) is 0 Å². The van der Waals surface area contributed by atoms with Gasteiger partial charge in [-0.25, -0.2) is 9.59 Å². The summed E-state index contributed by atoms with van der Waals surface area (Å²) in [6.07, 6.45) is -0.148. The second-order valence-corrected chi connectivity index (χ2v) is 7.66. The van der Waals surface area contributed by atoms with Crippen molar-refractivity contribution in [2.45, 2.75) is 24.4 Å². The zero-order valence-corrected chi connectivity index (χ0v) is 16.0. The van der Waals surface area contributed by atoms with Gasteiger partial charge in [0.25, 0.3) is 0 Å². The molecule has 6 nitrogen and oxygen atoms in total. The second kappa shape index (κ2) is 7.28. The third-order valence-corrected chi connectivity index (χ3v) is 5.86. The van der Waals surface area contributed by atoms with Gasteiger partial charge in [-0.2, -0.15) is 0 Å². The largest absolute Gasteiger partial charge is 0.480 e. The first kappa shape index (κ1) is 18.5. The highest BCUT2D eigenvalue weighted by atomic mass is 16.6. The van der Waals surface area contributed by atoms with Crippen LogP contribution in [0, 0.1) is 0 Å². The Hall–Kier alpha value is -2.86. The van der Waals surface area contributed by atoms with Gasteiger partial charge in [-0.1, -0.05) is 48.5 Å². The van der Waals surface area contributed by atoms with Gasteiger partial charge in [0.1, 0.15) is 12.6 Å². The predicted molar refractivity (Wildman–Crippen MR) is 105 cm³/mol. The zero-order chi connectivity index (χ0) is 19.8. The molecule has 28 heavy (non-hydrogen) atoms. The summed E-state index contributed by atoms with van der Waals surface area (Å²) in [5.74, 6) is -1.02. The maximum Gasteiger partial charge on any atom is 0.410 e. The van der Waals surface area contributed by atoms with Crippen LogP contribution in [0.4, 0.5) is 4.79 Å². The summed E-state index contributed by atoms with van der Waals surface area (Å²) in [6, 6.07) is 15.4. The van der Waals surface area contributed by atoms with Crippen LogP contribution in [-0.2, 0) is 9.53 Å². The Morgan fingerprint density at radius 1 is 1.07 bits per heavy atom. The molecule has 0 aromatic heterocycles. The Labute approximate surface area is 164 Å². The third-order valence-electron chi connectivity index (χ3n) is 5.86. The van der Waals surface area contributed by atoms with Gasteiger partial charge in [-0.15, -0.1) is 0 Å². The highest BCUT2D eigenvalue weighted by molar-refractivity contribution is 5.81. The summed E-state index contributed by atoms with van der Waals surface area (Å²) in [6.45, 7) is 0.559. The molecule has 0 spiro atoms. The van der Waals surface area contributed by atoms with Crippen LogP contribution in [-0.4, -0.2) is 66.3 Å². The average Bonchev–Trinajstić information content (AvgIpc) is 3.27. The van der Waals surface area contributed by atoms with Gasteiger partial charge in [0.15, 0.2) is 0 Å². The summed E-state index contributed by atoms with van der Waals surface area (Å²) in [4.78, 5) is 27.6. The quantitative estimate of drug-likeness (QED) is 0.883. The van der Waals surface area contributed by atoms with Gasteiger partial charge >= 0.3 is 12.1 Å². The average molecular weight is 380 g/mol. The van der Waals surface area contributed by atoms with Crippen molar-refractivity contribution in [1.29, 1.82) is 0 Å². The number of fused-ring (bicyclic) bond motifs is 3. The first-order chi connectivity index (χ1) is 13.5. The summed E-state index contributed by atoms with van der Waals surface area (Å²) in [5, 5.41) is 9.50. The minimum absolute atomic E-state index is 0.0154. The van der Waals surface area contributed by atoms with Crippen LogP contribution in [0.5, 0.6) is 0 Å². The van der Waals surface area contributed by atoms with Crippen molar-refractivity contribution >= 4 is 12.1 Å². The fraction of sp³-hybridized carbons (Fsp3) is 0.364. The van der Waals surface area contributed by atoms with E-state index in [0.29, 0.717) is 13.0 Å². The van der Waals surface area contributed by atoms with E-state index in [0.717, 1.165) is 22.3 Å². The predicted octanol–water partition coefficient (Wildman–Crippen LogP) is 3.02. The molecule has 2 atom stereocenters. The van der Waals surface area contributed by atoms with Crippen molar-refractivity contribution < 1.29 is 19.4 Å². The van der Waals surface area contributed by atoms with Crippen LogP contribution >= 0.6 is 0 Å². The number of nitrogens with zero attached hydrogens (tertiary/aromatic N) is 2. The number of likely N-dealkylation sites (N-methyl/N-ethyl adjacent to an activating group) is 1. The van der Waals surface area contributed by atoms with E-state index in [9.17, 15) is 14.7 Å². The van der Waals surface area contributed by atoms with Crippen molar-refractivity contribution in [1.82, 2.24) is 9.80 Å². The maximum atomic E-state index is 12.7. The van der Waals surface area contributed by atoms with Crippen molar-refractivity contribution in [3.05, 3.63) is 59.7 Å². The summed E-state index contributed by atoms with van der Waals surface area (Å²) < 4.78 is 5.64. The molecule has 2 aromatic rings. The summed E-state index contributed by atoms with van der Waals surface area (Å²) >= 11 is 0. The number of carboxylic acid groups (broad SMARTS) is 1. The first-order valence-electron chi connectivity index (χ1n) is 9.48. The second-order valence-electron chi connectivity index (χ2n) is 7.66. The van der Waals surface area contributed by atoms with E-state index in [4.69, 9.17) is 4.74 Å². The lowest BCUT2D eigenvalue weighted by atomic mass is 9.98. The maximum absolute atomic E-state index is 12.7. The summed E-state index contributed by atoms with van der Waals surface area (Å²) in [7, 11) is 3.79. The van der Waals surface area contributed by atoms with Crippen molar-refractivity contribution in [3.8, 4) is 11.1 Å². The number of carbonyl (C=O) groups is 2. The number of hydrogen-bond donors (Lipinski definition) is 1. The van der Waals surface area contributed by atoms with Gasteiger partial charge < -0.3 is 14.7 Å². The molecule has 0 saturated carbocycles. The molecule has 0 unspecified atom stereocenters. The molecule has 1 fully saturated rings. The molecule has 2 aromatic carbocycles. The Morgan fingerprint density at radius 2 is 1.64 bits per heavy atom.